The summed E-state index contributed by atoms with van der Waals surface area (Å²) < 4.78 is 5.59. The molecule has 0 aromatic carbocycles. The first-order chi connectivity index (χ1) is 14.6. The first kappa shape index (κ1) is 21.8. The number of fused-ring (bicyclic) bond motifs is 1. The van der Waals surface area contributed by atoms with Crippen LogP contribution in [-0.4, -0.2) is 46.0 Å². The van der Waals surface area contributed by atoms with Gasteiger partial charge in [0.15, 0.2) is 0 Å². The molecule has 1 N–H and O–H groups in total. The van der Waals surface area contributed by atoms with Crippen LogP contribution in [0.2, 0.25) is 0 Å². The number of likely N-dealkylation sites (tertiary alicyclic amines) is 1. The van der Waals surface area contributed by atoms with Crippen LogP contribution in [0.5, 0.6) is 0 Å². The quantitative estimate of drug-likeness (QED) is 0.779. The van der Waals surface area contributed by atoms with Gasteiger partial charge < -0.3 is 14.7 Å². The Morgan fingerprint density at radius 2 is 1.87 bits per heavy atom. The number of piperidine rings is 1. The lowest BCUT2D eigenvalue weighted by atomic mass is 9.89. The number of pyridine rings is 1. The maximum Gasteiger partial charge on any atom is 0.259 e. The van der Waals surface area contributed by atoms with Gasteiger partial charge in [-0.25, -0.2) is 4.98 Å². The average Bonchev–Trinajstić information content (AvgIpc) is 3.48. The lowest BCUT2D eigenvalue weighted by Gasteiger charge is -2.32. The fourth-order valence-electron chi connectivity index (χ4n) is 4.33. The summed E-state index contributed by atoms with van der Waals surface area (Å²) in [4.78, 5) is 32.5. The van der Waals surface area contributed by atoms with Gasteiger partial charge in [0, 0.05) is 36.7 Å². The maximum atomic E-state index is 13.6. The highest BCUT2D eigenvalue weighted by molar-refractivity contribution is 6.06. The second kappa shape index (κ2) is 8.24. The van der Waals surface area contributed by atoms with Gasteiger partial charge >= 0.3 is 0 Å². The van der Waals surface area contributed by atoms with Crippen LogP contribution in [0.25, 0.3) is 11.1 Å². The molecule has 2 fully saturated rings. The maximum absolute atomic E-state index is 13.6. The van der Waals surface area contributed by atoms with Gasteiger partial charge in [0.2, 0.25) is 5.91 Å². The van der Waals surface area contributed by atoms with E-state index in [0.29, 0.717) is 49.5 Å². The molecule has 7 heteroatoms. The van der Waals surface area contributed by atoms with E-state index in [1.807, 2.05) is 24.8 Å². The molecule has 0 atom stereocenters. The number of aromatic nitrogens is 2. The number of nitrogens with one attached hydrogen (secondary N) is 1. The van der Waals surface area contributed by atoms with E-state index in [9.17, 15) is 9.59 Å². The Kier molecular flexibility index (Phi) is 5.79. The molecule has 1 saturated carbocycles. The van der Waals surface area contributed by atoms with E-state index < -0.39 is 0 Å². The second-order valence-electron chi connectivity index (χ2n) is 10.6. The van der Waals surface area contributed by atoms with Gasteiger partial charge in [-0.2, -0.15) is 0 Å². The Morgan fingerprint density at radius 3 is 2.45 bits per heavy atom. The molecule has 1 aliphatic carbocycles. The molecule has 1 saturated heterocycles. The molecule has 4 rings (SSSR count). The van der Waals surface area contributed by atoms with Gasteiger partial charge in [-0.15, -0.1) is 0 Å². The lowest BCUT2D eigenvalue weighted by molar-refractivity contribution is -0.126. The van der Waals surface area contributed by atoms with Crippen LogP contribution in [0.4, 0.5) is 0 Å². The molecule has 0 bridgehead atoms. The fourth-order valence-corrected chi connectivity index (χ4v) is 4.33. The minimum absolute atomic E-state index is 0.00428. The third-order valence-corrected chi connectivity index (χ3v) is 6.04. The van der Waals surface area contributed by atoms with Crippen molar-refractivity contribution in [1.82, 2.24) is 20.4 Å². The van der Waals surface area contributed by atoms with E-state index in [1.54, 1.807) is 0 Å². The smallest absolute Gasteiger partial charge is 0.259 e. The van der Waals surface area contributed by atoms with Crippen molar-refractivity contribution >= 4 is 22.9 Å². The van der Waals surface area contributed by atoms with E-state index >= 15 is 0 Å². The first-order valence-electron chi connectivity index (χ1n) is 11.5. The summed E-state index contributed by atoms with van der Waals surface area (Å²) in [5, 5.41) is 8.04. The third-order valence-electron chi connectivity index (χ3n) is 6.04. The molecule has 0 spiro atoms. The summed E-state index contributed by atoms with van der Waals surface area (Å²) in [5.74, 6) is 0.474. The molecule has 2 aromatic heterocycles. The Morgan fingerprint density at radius 1 is 1.19 bits per heavy atom. The summed E-state index contributed by atoms with van der Waals surface area (Å²) in [6, 6.07) is 2.09. The standard InChI is InChI=1S/C24H34N4O3/c1-14(2)25-21(29)16-8-10-28(11-9-16)23(30)17-12-18(15-6-7-15)26-22-20(17)19(27-31-22)13-24(3,4)5/h12,14-16H,6-11,13H2,1-5H3,(H,25,29). The van der Waals surface area contributed by atoms with Gasteiger partial charge in [-0.1, -0.05) is 25.9 Å². The van der Waals surface area contributed by atoms with E-state index in [-0.39, 0.29) is 29.2 Å². The average molecular weight is 427 g/mol. The van der Waals surface area contributed by atoms with Crippen molar-refractivity contribution in [2.24, 2.45) is 11.3 Å². The summed E-state index contributed by atoms with van der Waals surface area (Å²) in [6.07, 6.45) is 4.29. The molecule has 168 valence electrons. The van der Waals surface area contributed by atoms with Crippen LogP contribution >= 0.6 is 0 Å². The molecule has 2 aromatic rings. The number of carbonyl (C=O) groups is 2. The van der Waals surface area contributed by atoms with E-state index in [2.05, 4.69) is 36.2 Å². The van der Waals surface area contributed by atoms with Crippen LogP contribution in [0.1, 0.15) is 88.0 Å². The monoisotopic (exact) mass is 426 g/mol. The number of hydrogen-bond donors (Lipinski definition) is 1. The Hall–Kier alpha value is -2.44. The Balaban J connectivity index is 1.60. The predicted octanol–water partition coefficient (Wildman–Crippen LogP) is 4.07. The Bertz CT molecular complexity index is 977. The van der Waals surface area contributed by atoms with Crippen molar-refractivity contribution in [2.75, 3.05) is 13.1 Å². The van der Waals surface area contributed by atoms with Crippen molar-refractivity contribution < 1.29 is 14.1 Å². The molecule has 3 heterocycles. The van der Waals surface area contributed by atoms with Crippen LogP contribution < -0.4 is 5.32 Å². The predicted molar refractivity (Wildman–Crippen MR) is 119 cm³/mol. The van der Waals surface area contributed by atoms with Gasteiger partial charge in [-0.05, 0) is 57.4 Å². The zero-order valence-corrected chi connectivity index (χ0v) is 19.3. The lowest BCUT2D eigenvalue weighted by Crippen LogP contribution is -2.44. The van der Waals surface area contributed by atoms with Crippen molar-refractivity contribution in [1.29, 1.82) is 0 Å². The summed E-state index contributed by atoms with van der Waals surface area (Å²) in [6.45, 7) is 11.5. The Labute approximate surface area is 183 Å². The highest BCUT2D eigenvalue weighted by Gasteiger charge is 2.33. The largest absolute Gasteiger partial charge is 0.354 e. The second-order valence-corrected chi connectivity index (χ2v) is 10.6. The molecule has 7 nitrogen and oxygen atoms in total. The zero-order chi connectivity index (χ0) is 22.3. The van der Waals surface area contributed by atoms with Gasteiger partial charge in [0.05, 0.1) is 16.6 Å². The molecule has 2 aliphatic rings. The van der Waals surface area contributed by atoms with Crippen LogP contribution in [-0.2, 0) is 11.2 Å². The normalized spacial score (nSPS) is 18.1. The SMILES string of the molecule is CC(C)NC(=O)C1CCN(C(=O)c2cc(C3CC3)nc3onc(CC(C)(C)C)c23)CC1. The van der Waals surface area contributed by atoms with Gasteiger partial charge in [0.25, 0.3) is 11.6 Å². The minimum Gasteiger partial charge on any atom is -0.354 e. The van der Waals surface area contributed by atoms with Crippen molar-refractivity contribution in [3.05, 3.63) is 23.0 Å². The van der Waals surface area contributed by atoms with Crippen molar-refractivity contribution in [2.45, 2.75) is 78.7 Å². The highest BCUT2D eigenvalue weighted by Crippen LogP contribution is 2.41. The molecule has 0 unspecified atom stereocenters. The number of carbonyl (C=O) groups excluding carboxylic acids is 2. The number of hydrogen-bond acceptors (Lipinski definition) is 5. The third kappa shape index (κ3) is 4.91. The molecule has 2 amide bonds. The van der Waals surface area contributed by atoms with E-state index in [0.717, 1.165) is 29.6 Å². The van der Waals surface area contributed by atoms with Crippen molar-refractivity contribution in [3.8, 4) is 0 Å². The minimum atomic E-state index is -0.0297. The van der Waals surface area contributed by atoms with E-state index in [1.165, 1.54) is 0 Å². The summed E-state index contributed by atoms with van der Waals surface area (Å²) in [7, 11) is 0. The molecular weight excluding hydrogens is 392 g/mol. The number of amides is 2. The summed E-state index contributed by atoms with van der Waals surface area (Å²) in [5.41, 5.74) is 2.87. The molecule has 31 heavy (non-hydrogen) atoms. The summed E-state index contributed by atoms with van der Waals surface area (Å²) >= 11 is 0. The fraction of sp³-hybridized carbons (Fsp3) is 0.667. The van der Waals surface area contributed by atoms with Crippen LogP contribution in [0.3, 0.4) is 0 Å². The zero-order valence-electron chi connectivity index (χ0n) is 19.3. The van der Waals surface area contributed by atoms with Crippen LogP contribution in [0.15, 0.2) is 10.6 Å². The van der Waals surface area contributed by atoms with Gasteiger partial charge in [-0.3, -0.25) is 9.59 Å². The molecule has 1 aliphatic heterocycles. The van der Waals surface area contributed by atoms with E-state index in [4.69, 9.17) is 4.52 Å². The van der Waals surface area contributed by atoms with Crippen LogP contribution in [0, 0.1) is 11.3 Å². The van der Waals surface area contributed by atoms with Gasteiger partial charge in [0.1, 0.15) is 0 Å². The topological polar surface area (TPSA) is 88.3 Å². The number of nitrogens with zero attached hydrogens (tertiary/aromatic N) is 3. The molecule has 0 radical (unpaired) electrons. The van der Waals surface area contributed by atoms with Crippen molar-refractivity contribution in [3.63, 3.8) is 0 Å². The highest BCUT2D eigenvalue weighted by atomic mass is 16.5. The first-order valence-corrected chi connectivity index (χ1v) is 11.5. The number of rotatable bonds is 5. The molecular formula is C24H34N4O3.